The predicted octanol–water partition coefficient (Wildman–Crippen LogP) is 2.02. The lowest BCUT2D eigenvalue weighted by Gasteiger charge is -2.06. The highest BCUT2D eigenvalue weighted by Gasteiger charge is 2.49. The molecule has 1 saturated heterocycles. The first-order chi connectivity index (χ1) is 5.93. The van der Waals surface area contributed by atoms with E-state index in [9.17, 15) is 0 Å². The Bertz CT molecular complexity index is 275. The number of hydrogen-bond donors (Lipinski definition) is 0. The molecular formula is C11H11O+. The maximum Gasteiger partial charge on any atom is 0.119 e. The van der Waals surface area contributed by atoms with Crippen molar-refractivity contribution in [2.75, 3.05) is 0 Å². The van der Waals surface area contributed by atoms with E-state index >= 15 is 0 Å². The number of allylic oxidation sites excluding steroid dienone is 6. The van der Waals surface area contributed by atoms with Gasteiger partial charge in [-0.1, -0.05) is 0 Å². The third-order valence-corrected chi connectivity index (χ3v) is 2.89. The van der Waals surface area contributed by atoms with E-state index in [1.54, 1.807) is 0 Å². The molecule has 0 N–H and O–H groups in total. The molecule has 1 unspecified atom stereocenters. The van der Waals surface area contributed by atoms with Crippen LogP contribution in [0.4, 0.5) is 0 Å². The minimum Gasteiger partial charge on any atom is -0.370 e. The van der Waals surface area contributed by atoms with E-state index in [2.05, 4.69) is 18.2 Å². The second-order valence-electron chi connectivity index (χ2n) is 3.70. The van der Waals surface area contributed by atoms with Crippen LogP contribution >= 0.6 is 0 Å². The largest absolute Gasteiger partial charge is 0.370 e. The number of hydrogen-bond acceptors (Lipinski definition) is 1. The molecule has 12 heavy (non-hydrogen) atoms. The average molecular weight is 159 g/mol. The Kier molecular flexibility index (Phi) is 1.26. The Morgan fingerprint density at radius 2 is 2.08 bits per heavy atom. The van der Waals surface area contributed by atoms with Gasteiger partial charge in [0.05, 0.1) is 18.3 Å². The lowest BCUT2D eigenvalue weighted by molar-refractivity contribution is 0.291. The van der Waals surface area contributed by atoms with Crippen LogP contribution < -0.4 is 0 Å². The highest BCUT2D eigenvalue weighted by atomic mass is 16.6. The molecule has 2 aliphatic carbocycles. The van der Waals surface area contributed by atoms with Crippen molar-refractivity contribution >= 4 is 0 Å². The first-order valence-electron chi connectivity index (χ1n) is 4.55. The van der Waals surface area contributed by atoms with Crippen LogP contribution in [0.3, 0.4) is 0 Å². The van der Waals surface area contributed by atoms with E-state index < -0.39 is 0 Å². The van der Waals surface area contributed by atoms with Gasteiger partial charge in [-0.05, 0) is 12.8 Å². The van der Waals surface area contributed by atoms with E-state index in [0.717, 1.165) is 5.92 Å². The summed E-state index contributed by atoms with van der Waals surface area (Å²) in [5.41, 5.74) is 1.37. The molecule has 3 rings (SSSR count). The normalized spacial score (nSPS) is 42.0. The summed E-state index contributed by atoms with van der Waals surface area (Å²) in [6.07, 6.45) is 15.2. The van der Waals surface area contributed by atoms with Crippen LogP contribution in [0.5, 0.6) is 0 Å². The summed E-state index contributed by atoms with van der Waals surface area (Å²) in [5.74, 6) is 0.718. The van der Waals surface area contributed by atoms with Crippen molar-refractivity contribution in [3.05, 3.63) is 36.0 Å². The van der Waals surface area contributed by atoms with Crippen LogP contribution in [-0.4, -0.2) is 12.2 Å². The Hall–Kier alpha value is -0.910. The first kappa shape index (κ1) is 6.59. The summed E-state index contributed by atoms with van der Waals surface area (Å²) in [7, 11) is 0. The van der Waals surface area contributed by atoms with Crippen molar-refractivity contribution in [2.45, 2.75) is 25.0 Å². The van der Waals surface area contributed by atoms with Crippen LogP contribution in [-0.2, 0) is 4.74 Å². The number of fused-ring (bicyclic) bond motifs is 1. The smallest absolute Gasteiger partial charge is 0.119 e. The zero-order valence-electron chi connectivity index (χ0n) is 6.86. The minimum absolute atomic E-state index is 0.587. The fraction of sp³-hybridized carbons (Fsp3) is 0.455. The quantitative estimate of drug-likeness (QED) is 0.421. The molecule has 3 aliphatic rings. The molecule has 0 aromatic heterocycles. The van der Waals surface area contributed by atoms with Crippen LogP contribution in [0.15, 0.2) is 29.9 Å². The molecule has 0 spiro atoms. The molecule has 1 heterocycles. The summed E-state index contributed by atoms with van der Waals surface area (Å²) < 4.78 is 5.39. The SMILES string of the molecule is [C+]1=CC=CC=C1C1C[C@@H]2O[C@@H]2C1. The van der Waals surface area contributed by atoms with Crippen molar-refractivity contribution in [1.29, 1.82) is 0 Å². The fourth-order valence-corrected chi connectivity index (χ4v) is 2.17. The van der Waals surface area contributed by atoms with E-state index in [-0.39, 0.29) is 0 Å². The fourth-order valence-electron chi connectivity index (χ4n) is 2.17. The summed E-state index contributed by atoms with van der Waals surface area (Å²) in [5, 5.41) is 0. The molecule has 0 aromatic carbocycles. The maximum atomic E-state index is 5.39. The van der Waals surface area contributed by atoms with Crippen molar-refractivity contribution in [3.8, 4) is 0 Å². The molecule has 1 nitrogen and oxygen atoms in total. The van der Waals surface area contributed by atoms with Gasteiger partial charge in [0.25, 0.3) is 0 Å². The molecule has 1 aliphatic heterocycles. The second-order valence-corrected chi connectivity index (χ2v) is 3.70. The van der Waals surface area contributed by atoms with Gasteiger partial charge >= 0.3 is 0 Å². The van der Waals surface area contributed by atoms with Crippen molar-refractivity contribution < 1.29 is 4.74 Å². The van der Waals surface area contributed by atoms with Gasteiger partial charge in [0.1, 0.15) is 11.6 Å². The minimum atomic E-state index is 0.587. The molecule has 0 bridgehead atoms. The third kappa shape index (κ3) is 0.945. The van der Waals surface area contributed by atoms with Gasteiger partial charge in [-0.15, -0.1) is 0 Å². The molecule has 1 heteroatoms. The van der Waals surface area contributed by atoms with Gasteiger partial charge in [0, 0.05) is 24.1 Å². The highest BCUT2D eigenvalue weighted by Crippen LogP contribution is 2.45. The zero-order valence-corrected chi connectivity index (χ0v) is 6.86. The van der Waals surface area contributed by atoms with Gasteiger partial charge in [0.15, 0.2) is 0 Å². The lowest BCUT2D eigenvalue weighted by atomic mass is 9.94. The van der Waals surface area contributed by atoms with Gasteiger partial charge in [-0.25, -0.2) is 0 Å². The van der Waals surface area contributed by atoms with Gasteiger partial charge in [-0.2, -0.15) is 0 Å². The van der Waals surface area contributed by atoms with Gasteiger partial charge in [-0.3, -0.25) is 0 Å². The molecule has 0 radical (unpaired) electrons. The topological polar surface area (TPSA) is 12.5 Å². The van der Waals surface area contributed by atoms with E-state index in [4.69, 9.17) is 4.74 Å². The Morgan fingerprint density at radius 3 is 2.75 bits per heavy atom. The first-order valence-corrected chi connectivity index (χ1v) is 4.55. The summed E-state index contributed by atoms with van der Waals surface area (Å²) in [6, 6.07) is 0. The third-order valence-electron chi connectivity index (χ3n) is 2.89. The summed E-state index contributed by atoms with van der Waals surface area (Å²) >= 11 is 0. The molecular weight excluding hydrogens is 148 g/mol. The zero-order chi connectivity index (χ0) is 7.97. The number of epoxide rings is 1. The Labute approximate surface area is 72.4 Å². The summed E-state index contributed by atoms with van der Waals surface area (Å²) in [4.78, 5) is 0. The van der Waals surface area contributed by atoms with Gasteiger partial charge in [0.2, 0.25) is 0 Å². The summed E-state index contributed by atoms with van der Waals surface area (Å²) in [6.45, 7) is 0. The predicted molar refractivity (Wildman–Crippen MR) is 46.4 cm³/mol. The van der Waals surface area contributed by atoms with Crippen LogP contribution in [0, 0.1) is 12.0 Å². The molecule has 0 aromatic rings. The van der Waals surface area contributed by atoms with Gasteiger partial charge < -0.3 is 4.74 Å². The molecule has 2 fully saturated rings. The molecule has 1 saturated carbocycles. The van der Waals surface area contributed by atoms with Crippen molar-refractivity contribution in [3.63, 3.8) is 0 Å². The number of ether oxygens (including phenoxy) is 1. The molecule has 60 valence electrons. The monoisotopic (exact) mass is 159 g/mol. The van der Waals surface area contributed by atoms with Crippen molar-refractivity contribution in [1.82, 2.24) is 0 Å². The molecule has 0 amide bonds. The van der Waals surface area contributed by atoms with E-state index in [0.29, 0.717) is 12.2 Å². The average Bonchev–Trinajstić information content (AvgIpc) is 2.75. The van der Waals surface area contributed by atoms with Crippen LogP contribution in [0.1, 0.15) is 12.8 Å². The van der Waals surface area contributed by atoms with Crippen LogP contribution in [0.2, 0.25) is 0 Å². The highest BCUT2D eigenvalue weighted by molar-refractivity contribution is 5.31. The second kappa shape index (κ2) is 2.29. The standard InChI is InChI=1S/C11H11O/c1-2-4-8(5-3-1)9-6-10-11(7-9)12-10/h1-4,9-11H,6-7H2/q+1/t9?,10-,11+. The lowest BCUT2D eigenvalue weighted by Crippen LogP contribution is -2.02. The maximum absolute atomic E-state index is 5.39. The molecule has 3 atom stereocenters. The van der Waals surface area contributed by atoms with Crippen molar-refractivity contribution in [2.24, 2.45) is 5.92 Å². The number of rotatable bonds is 1. The van der Waals surface area contributed by atoms with E-state index in [1.165, 1.54) is 18.4 Å². The van der Waals surface area contributed by atoms with E-state index in [1.807, 2.05) is 12.2 Å². The van der Waals surface area contributed by atoms with Crippen LogP contribution in [0.25, 0.3) is 0 Å². The Morgan fingerprint density at radius 1 is 1.25 bits per heavy atom. The Balaban J connectivity index is 1.77.